The second kappa shape index (κ2) is 6.62. The Balaban J connectivity index is 2.59. The molecule has 2 atom stereocenters. The second-order valence-electron chi connectivity index (χ2n) is 5.50. The Bertz CT molecular complexity index is 687. The smallest absolute Gasteiger partial charge is 0.273 e. The van der Waals surface area contributed by atoms with Gasteiger partial charge in [-0.25, -0.2) is 0 Å². The average Bonchev–Trinajstić information content (AvgIpc) is 2.51. The molecular formula is C18H19NO4. The van der Waals surface area contributed by atoms with Crippen LogP contribution in [0, 0.1) is 10.1 Å². The minimum atomic E-state index is -1.65. The molecule has 0 saturated heterocycles. The highest BCUT2D eigenvalue weighted by Gasteiger charge is 2.50. The Labute approximate surface area is 134 Å². The first-order valence-corrected chi connectivity index (χ1v) is 7.21. The van der Waals surface area contributed by atoms with Gasteiger partial charge in [-0.2, -0.15) is 0 Å². The minimum absolute atomic E-state index is 0.0111. The highest BCUT2D eigenvalue weighted by atomic mass is 16.6. The molecule has 0 aromatic heterocycles. The summed E-state index contributed by atoms with van der Waals surface area (Å²) in [5, 5.41) is 31.8. The molecule has 0 fully saturated rings. The Morgan fingerprint density at radius 3 is 2.43 bits per heavy atom. The monoisotopic (exact) mass is 313 g/mol. The molecule has 2 rings (SSSR count). The topological polar surface area (TPSA) is 83.6 Å². The maximum Gasteiger partial charge on any atom is 0.273 e. The molecule has 1 aromatic rings. The molecule has 0 spiro atoms. The first-order chi connectivity index (χ1) is 10.9. The molecule has 1 aliphatic rings. The molecule has 0 aliphatic heterocycles. The summed E-state index contributed by atoms with van der Waals surface area (Å²) in [6.07, 6.45) is 5.49. The number of aliphatic hydroxyl groups is 1. The summed E-state index contributed by atoms with van der Waals surface area (Å²) < 4.78 is 0. The van der Waals surface area contributed by atoms with Crippen LogP contribution in [-0.2, 0) is 0 Å². The van der Waals surface area contributed by atoms with E-state index >= 15 is 0 Å². The molecular weight excluding hydrogens is 294 g/mol. The number of nitrogens with zero attached hydrogens (tertiary/aromatic N) is 1. The molecule has 2 unspecified atom stereocenters. The van der Waals surface area contributed by atoms with Gasteiger partial charge in [-0.3, -0.25) is 10.1 Å². The normalized spacial score (nSPS) is 23.6. The van der Waals surface area contributed by atoms with Crippen LogP contribution in [0.25, 0.3) is 5.57 Å². The van der Waals surface area contributed by atoms with Gasteiger partial charge in [0.05, 0.1) is 0 Å². The van der Waals surface area contributed by atoms with Gasteiger partial charge in [0.1, 0.15) is 5.75 Å². The van der Waals surface area contributed by atoms with Crippen molar-refractivity contribution in [1.29, 1.82) is 0 Å². The van der Waals surface area contributed by atoms with E-state index in [-0.39, 0.29) is 12.2 Å². The quantitative estimate of drug-likeness (QED) is 0.480. The van der Waals surface area contributed by atoms with Crippen LogP contribution < -0.4 is 0 Å². The van der Waals surface area contributed by atoms with Gasteiger partial charge in [-0.15, -0.1) is 13.2 Å². The van der Waals surface area contributed by atoms with Crippen molar-refractivity contribution in [2.24, 2.45) is 0 Å². The predicted octanol–water partition coefficient (Wildman–Crippen LogP) is 3.24. The predicted molar refractivity (Wildman–Crippen MR) is 89.5 cm³/mol. The summed E-state index contributed by atoms with van der Waals surface area (Å²) in [4.78, 5) is 11.3. The zero-order valence-electron chi connectivity index (χ0n) is 12.7. The van der Waals surface area contributed by atoms with Crippen molar-refractivity contribution in [2.75, 3.05) is 0 Å². The summed E-state index contributed by atoms with van der Waals surface area (Å²) >= 11 is 0. The van der Waals surface area contributed by atoms with Gasteiger partial charge >= 0.3 is 0 Å². The molecule has 0 radical (unpaired) electrons. The third kappa shape index (κ3) is 3.10. The number of nitro groups is 1. The largest absolute Gasteiger partial charge is 0.508 e. The highest BCUT2D eigenvalue weighted by Crippen LogP contribution is 2.38. The number of hydrogen-bond acceptors (Lipinski definition) is 4. The molecule has 23 heavy (non-hydrogen) atoms. The van der Waals surface area contributed by atoms with Crippen LogP contribution >= 0.6 is 0 Å². The molecule has 0 bridgehead atoms. The first kappa shape index (κ1) is 16.7. The fourth-order valence-electron chi connectivity index (χ4n) is 2.80. The van der Waals surface area contributed by atoms with Crippen molar-refractivity contribution in [3.8, 4) is 5.75 Å². The standard InChI is InChI=1S/C18H19NO4/c1-3-5-13-11-16(14-6-8-15(20)9-7-14)17(21)18(12-13,10-4-2)19(22)23/h3-4,6-9,11-12,17,20-21H,1-2,5,10H2. The zero-order valence-corrected chi connectivity index (χ0v) is 12.7. The van der Waals surface area contributed by atoms with Gasteiger partial charge in [0.25, 0.3) is 5.54 Å². The van der Waals surface area contributed by atoms with Crippen molar-refractivity contribution in [3.05, 3.63) is 83.0 Å². The lowest BCUT2D eigenvalue weighted by Gasteiger charge is -2.32. The van der Waals surface area contributed by atoms with Crippen LogP contribution in [0.1, 0.15) is 18.4 Å². The lowest BCUT2D eigenvalue weighted by atomic mass is 9.76. The molecule has 0 amide bonds. The summed E-state index contributed by atoms with van der Waals surface area (Å²) in [6, 6.07) is 6.21. The summed E-state index contributed by atoms with van der Waals surface area (Å²) in [7, 11) is 0. The molecule has 5 nitrogen and oxygen atoms in total. The Morgan fingerprint density at radius 2 is 1.91 bits per heavy atom. The summed E-state index contributed by atoms with van der Waals surface area (Å²) in [5.74, 6) is 0.0909. The van der Waals surface area contributed by atoms with Gasteiger partial charge in [-0.05, 0) is 41.3 Å². The number of phenols is 1. The van der Waals surface area contributed by atoms with Crippen molar-refractivity contribution in [2.45, 2.75) is 24.5 Å². The Hall–Kier alpha value is -2.66. The van der Waals surface area contributed by atoms with Crippen LogP contribution in [0.5, 0.6) is 5.75 Å². The van der Waals surface area contributed by atoms with Crippen LogP contribution in [0.15, 0.2) is 67.3 Å². The molecule has 0 saturated carbocycles. The van der Waals surface area contributed by atoms with E-state index in [2.05, 4.69) is 13.2 Å². The van der Waals surface area contributed by atoms with Crippen LogP contribution in [0.4, 0.5) is 0 Å². The highest BCUT2D eigenvalue weighted by molar-refractivity contribution is 5.75. The lowest BCUT2D eigenvalue weighted by Crippen LogP contribution is -2.49. The fraction of sp³-hybridized carbons (Fsp3) is 0.222. The van der Waals surface area contributed by atoms with E-state index in [0.717, 1.165) is 0 Å². The fourth-order valence-corrected chi connectivity index (χ4v) is 2.80. The number of benzene rings is 1. The minimum Gasteiger partial charge on any atom is -0.508 e. The number of aliphatic hydroxyl groups excluding tert-OH is 1. The summed E-state index contributed by atoms with van der Waals surface area (Å²) in [6.45, 7) is 7.25. The van der Waals surface area contributed by atoms with E-state index in [1.807, 2.05) is 0 Å². The van der Waals surface area contributed by atoms with Crippen molar-refractivity contribution in [1.82, 2.24) is 0 Å². The lowest BCUT2D eigenvalue weighted by molar-refractivity contribution is -0.563. The van der Waals surface area contributed by atoms with E-state index in [4.69, 9.17) is 0 Å². The third-order valence-electron chi connectivity index (χ3n) is 3.94. The van der Waals surface area contributed by atoms with E-state index in [1.54, 1.807) is 24.3 Å². The summed E-state index contributed by atoms with van der Waals surface area (Å²) in [5.41, 5.74) is 0.136. The van der Waals surface area contributed by atoms with Crippen LogP contribution in [0.2, 0.25) is 0 Å². The van der Waals surface area contributed by atoms with E-state index in [0.29, 0.717) is 23.1 Å². The van der Waals surface area contributed by atoms with Gasteiger partial charge in [-0.1, -0.05) is 30.4 Å². The number of rotatable bonds is 6. The van der Waals surface area contributed by atoms with E-state index in [9.17, 15) is 20.3 Å². The van der Waals surface area contributed by atoms with Gasteiger partial charge in [0.15, 0.2) is 6.10 Å². The molecule has 2 N–H and O–H groups in total. The Kier molecular flexibility index (Phi) is 4.81. The van der Waals surface area contributed by atoms with Gasteiger partial charge in [0.2, 0.25) is 0 Å². The average molecular weight is 313 g/mol. The first-order valence-electron chi connectivity index (χ1n) is 7.21. The molecule has 5 heteroatoms. The van der Waals surface area contributed by atoms with E-state index in [1.165, 1.54) is 24.3 Å². The van der Waals surface area contributed by atoms with Crippen LogP contribution in [-0.4, -0.2) is 26.8 Å². The Morgan fingerprint density at radius 1 is 1.26 bits per heavy atom. The van der Waals surface area contributed by atoms with Gasteiger partial charge < -0.3 is 10.2 Å². The second-order valence-corrected chi connectivity index (χ2v) is 5.50. The maximum absolute atomic E-state index is 11.7. The number of phenolic OH excluding ortho intramolecular Hbond substituents is 1. The number of aromatic hydroxyl groups is 1. The zero-order chi connectivity index (χ0) is 17.0. The number of allylic oxidation sites excluding steroid dienone is 3. The molecule has 1 aliphatic carbocycles. The van der Waals surface area contributed by atoms with E-state index < -0.39 is 16.6 Å². The van der Waals surface area contributed by atoms with Gasteiger partial charge in [0, 0.05) is 11.3 Å². The van der Waals surface area contributed by atoms with Crippen molar-refractivity contribution in [3.63, 3.8) is 0 Å². The SMILES string of the molecule is C=CCC1=CC(CC=C)([N+](=O)[O-])C(O)C(c2ccc(O)cc2)=C1. The van der Waals surface area contributed by atoms with Crippen molar-refractivity contribution >= 4 is 5.57 Å². The molecule has 120 valence electrons. The van der Waals surface area contributed by atoms with Crippen molar-refractivity contribution < 1.29 is 15.1 Å². The molecule has 0 heterocycles. The third-order valence-corrected chi connectivity index (χ3v) is 3.94. The maximum atomic E-state index is 11.7. The number of hydrogen-bond donors (Lipinski definition) is 2. The molecule has 1 aromatic carbocycles. The van der Waals surface area contributed by atoms with Crippen LogP contribution in [0.3, 0.4) is 0 Å².